The van der Waals surface area contributed by atoms with E-state index in [9.17, 15) is 0 Å². The van der Waals surface area contributed by atoms with Crippen LogP contribution in [0.4, 0.5) is 0 Å². The zero-order chi connectivity index (χ0) is 17.5. The van der Waals surface area contributed by atoms with Crippen LogP contribution >= 0.6 is 11.6 Å². The van der Waals surface area contributed by atoms with Crippen molar-refractivity contribution in [3.8, 4) is 11.6 Å². The first-order valence-corrected chi connectivity index (χ1v) is 8.82. The minimum atomic E-state index is -0.0890. The van der Waals surface area contributed by atoms with Gasteiger partial charge in [-0.15, -0.1) is 0 Å². The van der Waals surface area contributed by atoms with Crippen LogP contribution in [0.25, 0.3) is 0 Å². The second-order valence-corrected chi connectivity index (χ2v) is 6.09. The van der Waals surface area contributed by atoms with Crippen LogP contribution in [0.1, 0.15) is 18.1 Å². The fourth-order valence-electron chi connectivity index (χ4n) is 2.57. The standard InChI is InChI=1S/C19H22ClNO4/c1-2-16-17(24-11-14-6-4-3-5-7-14)10-18(21-19(16)20)25-13-15-12-22-8-9-23-15/h3-7,10,15H,2,8-9,11-13H2,1H3. The van der Waals surface area contributed by atoms with Gasteiger partial charge in [-0.1, -0.05) is 48.9 Å². The number of ether oxygens (including phenoxy) is 4. The van der Waals surface area contributed by atoms with E-state index in [1.165, 1.54) is 0 Å². The van der Waals surface area contributed by atoms with Crippen molar-refractivity contribution in [3.63, 3.8) is 0 Å². The molecule has 5 nitrogen and oxygen atoms in total. The SMILES string of the molecule is CCc1c(OCc2ccccc2)cc(OCC2COCCO2)nc1Cl. The van der Waals surface area contributed by atoms with E-state index in [1.807, 2.05) is 37.3 Å². The molecular formula is C19H22ClNO4. The Morgan fingerprint density at radius 3 is 2.76 bits per heavy atom. The van der Waals surface area contributed by atoms with E-state index in [2.05, 4.69) is 4.98 Å². The normalized spacial score (nSPS) is 17.3. The van der Waals surface area contributed by atoms with Crippen LogP contribution in [-0.2, 0) is 22.5 Å². The van der Waals surface area contributed by atoms with Crippen molar-refractivity contribution < 1.29 is 18.9 Å². The predicted molar refractivity (Wildman–Crippen MR) is 95.5 cm³/mol. The van der Waals surface area contributed by atoms with Crippen molar-refractivity contribution in [2.45, 2.75) is 26.1 Å². The number of hydrogen-bond donors (Lipinski definition) is 0. The molecule has 1 atom stereocenters. The largest absolute Gasteiger partial charge is 0.488 e. The summed E-state index contributed by atoms with van der Waals surface area (Å²) >= 11 is 6.31. The highest BCUT2D eigenvalue weighted by molar-refractivity contribution is 6.30. The highest BCUT2D eigenvalue weighted by Crippen LogP contribution is 2.30. The zero-order valence-electron chi connectivity index (χ0n) is 14.2. The maximum Gasteiger partial charge on any atom is 0.218 e. The summed E-state index contributed by atoms with van der Waals surface area (Å²) in [5.74, 6) is 1.13. The predicted octanol–water partition coefficient (Wildman–Crippen LogP) is 3.67. The van der Waals surface area contributed by atoms with E-state index in [-0.39, 0.29) is 6.10 Å². The Morgan fingerprint density at radius 2 is 2.04 bits per heavy atom. The van der Waals surface area contributed by atoms with Crippen molar-refractivity contribution in [2.24, 2.45) is 0 Å². The third-order valence-electron chi connectivity index (χ3n) is 3.90. The Hall–Kier alpha value is -1.82. The van der Waals surface area contributed by atoms with E-state index in [1.54, 1.807) is 6.07 Å². The van der Waals surface area contributed by atoms with Crippen LogP contribution in [-0.4, -0.2) is 37.5 Å². The van der Waals surface area contributed by atoms with Crippen molar-refractivity contribution in [1.82, 2.24) is 4.98 Å². The lowest BCUT2D eigenvalue weighted by Crippen LogP contribution is -2.33. The van der Waals surface area contributed by atoms with Crippen LogP contribution in [0.3, 0.4) is 0 Å². The van der Waals surface area contributed by atoms with Gasteiger partial charge in [0.1, 0.15) is 30.2 Å². The number of rotatable bonds is 7. The molecule has 0 saturated carbocycles. The molecule has 2 heterocycles. The van der Waals surface area contributed by atoms with Gasteiger partial charge in [0.2, 0.25) is 5.88 Å². The van der Waals surface area contributed by atoms with Gasteiger partial charge in [0, 0.05) is 11.6 Å². The molecule has 0 amide bonds. The maximum atomic E-state index is 6.31. The summed E-state index contributed by atoms with van der Waals surface area (Å²) in [6, 6.07) is 11.8. The molecule has 0 aliphatic carbocycles. The summed E-state index contributed by atoms with van der Waals surface area (Å²) < 4.78 is 22.6. The van der Waals surface area contributed by atoms with E-state index in [0.29, 0.717) is 49.8 Å². The first kappa shape index (κ1) is 18.0. The van der Waals surface area contributed by atoms with Gasteiger partial charge < -0.3 is 18.9 Å². The average Bonchev–Trinajstić information content (AvgIpc) is 2.66. The molecule has 1 saturated heterocycles. The number of pyridine rings is 1. The molecule has 0 bridgehead atoms. The molecule has 3 rings (SSSR count). The minimum absolute atomic E-state index is 0.0890. The van der Waals surface area contributed by atoms with Gasteiger partial charge in [0.25, 0.3) is 0 Å². The molecule has 0 radical (unpaired) electrons. The van der Waals surface area contributed by atoms with Gasteiger partial charge in [-0.3, -0.25) is 0 Å². The van der Waals surface area contributed by atoms with E-state index in [0.717, 1.165) is 17.5 Å². The number of nitrogens with zero attached hydrogens (tertiary/aromatic N) is 1. The molecule has 1 aliphatic heterocycles. The number of hydrogen-bond acceptors (Lipinski definition) is 5. The Morgan fingerprint density at radius 1 is 1.20 bits per heavy atom. The molecule has 134 valence electrons. The van der Waals surface area contributed by atoms with E-state index >= 15 is 0 Å². The highest BCUT2D eigenvalue weighted by Gasteiger charge is 2.17. The molecular weight excluding hydrogens is 342 g/mol. The molecule has 1 fully saturated rings. The smallest absolute Gasteiger partial charge is 0.218 e. The Bertz CT molecular complexity index is 675. The van der Waals surface area contributed by atoms with Crippen molar-refractivity contribution in [2.75, 3.05) is 26.4 Å². The summed E-state index contributed by atoms with van der Waals surface area (Å²) in [5.41, 5.74) is 1.97. The van der Waals surface area contributed by atoms with Gasteiger partial charge in [0.05, 0.1) is 19.8 Å². The molecule has 1 aliphatic rings. The summed E-state index contributed by atoms with van der Waals surface area (Å²) in [5, 5.41) is 0.406. The van der Waals surface area contributed by atoms with Crippen molar-refractivity contribution in [1.29, 1.82) is 0 Å². The van der Waals surface area contributed by atoms with E-state index < -0.39 is 0 Å². The van der Waals surface area contributed by atoms with E-state index in [4.69, 9.17) is 30.5 Å². The first-order chi connectivity index (χ1) is 12.3. The minimum Gasteiger partial charge on any atom is -0.488 e. The third kappa shape index (κ3) is 5.08. The topological polar surface area (TPSA) is 49.8 Å². The lowest BCUT2D eigenvalue weighted by molar-refractivity contribution is -0.102. The lowest BCUT2D eigenvalue weighted by atomic mass is 10.2. The van der Waals surface area contributed by atoms with Crippen LogP contribution in [0.5, 0.6) is 11.6 Å². The molecule has 0 N–H and O–H groups in total. The maximum absolute atomic E-state index is 6.31. The number of halogens is 1. The Balaban J connectivity index is 1.68. The van der Waals surface area contributed by atoms with Crippen LogP contribution in [0.2, 0.25) is 5.15 Å². The molecule has 1 unspecified atom stereocenters. The molecule has 0 spiro atoms. The summed E-state index contributed by atoms with van der Waals surface area (Å²) in [7, 11) is 0. The first-order valence-electron chi connectivity index (χ1n) is 8.44. The monoisotopic (exact) mass is 363 g/mol. The number of aromatic nitrogens is 1. The van der Waals surface area contributed by atoms with Crippen LogP contribution < -0.4 is 9.47 Å². The molecule has 2 aromatic rings. The zero-order valence-corrected chi connectivity index (χ0v) is 15.0. The molecule has 25 heavy (non-hydrogen) atoms. The second kappa shape index (κ2) is 9.04. The summed E-state index contributed by atoms with van der Waals surface area (Å²) in [6.07, 6.45) is 0.643. The molecule has 6 heteroatoms. The van der Waals surface area contributed by atoms with Gasteiger partial charge in [-0.25, -0.2) is 4.98 Å². The van der Waals surface area contributed by atoms with Crippen LogP contribution in [0.15, 0.2) is 36.4 Å². The van der Waals surface area contributed by atoms with Gasteiger partial charge in [-0.05, 0) is 12.0 Å². The van der Waals surface area contributed by atoms with Crippen LogP contribution in [0, 0.1) is 0 Å². The molecule has 1 aromatic heterocycles. The quantitative estimate of drug-likeness (QED) is 0.702. The van der Waals surface area contributed by atoms with Gasteiger partial charge in [0.15, 0.2) is 0 Å². The van der Waals surface area contributed by atoms with Gasteiger partial charge >= 0.3 is 0 Å². The number of benzene rings is 1. The second-order valence-electron chi connectivity index (χ2n) is 5.73. The fourth-order valence-corrected chi connectivity index (χ4v) is 2.88. The molecule has 1 aromatic carbocycles. The van der Waals surface area contributed by atoms with Crippen molar-refractivity contribution in [3.05, 3.63) is 52.7 Å². The Kier molecular flexibility index (Phi) is 6.50. The third-order valence-corrected chi connectivity index (χ3v) is 4.21. The average molecular weight is 364 g/mol. The van der Waals surface area contributed by atoms with Gasteiger partial charge in [-0.2, -0.15) is 0 Å². The fraction of sp³-hybridized carbons (Fsp3) is 0.421. The highest BCUT2D eigenvalue weighted by atomic mass is 35.5. The van der Waals surface area contributed by atoms with Crippen molar-refractivity contribution >= 4 is 11.6 Å². The Labute approximate surface area is 152 Å². The lowest BCUT2D eigenvalue weighted by Gasteiger charge is -2.23. The summed E-state index contributed by atoms with van der Waals surface area (Å²) in [6.45, 7) is 4.59. The summed E-state index contributed by atoms with van der Waals surface area (Å²) in [4.78, 5) is 4.31.